The first-order chi connectivity index (χ1) is 17.9. The van der Waals surface area contributed by atoms with Crippen molar-refractivity contribution < 1.29 is 23.9 Å². The summed E-state index contributed by atoms with van der Waals surface area (Å²) in [5.74, 6) is -1.06. The summed E-state index contributed by atoms with van der Waals surface area (Å²) in [5, 5.41) is 0. The second kappa shape index (κ2) is 9.38. The van der Waals surface area contributed by atoms with Gasteiger partial charge in [-0.1, -0.05) is 58.4 Å². The molecule has 1 heterocycles. The Morgan fingerprint density at radius 1 is 0.811 bits per heavy atom. The van der Waals surface area contributed by atoms with Crippen LogP contribution in [0.15, 0.2) is 83.3 Å². The molecule has 6 rings (SSSR count). The topological polar surface area (TPSA) is 80.8 Å². The van der Waals surface area contributed by atoms with Crippen LogP contribution in [0, 0.1) is 23.7 Å². The molecule has 2 aliphatic carbocycles. The molecule has 3 aliphatic rings. The van der Waals surface area contributed by atoms with Crippen LogP contribution >= 0.6 is 15.9 Å². The SMILES string of the molecule is O=C(COC(=O)c1ccc(N2C(=O)[C@@H]3[C@@H]4C[C@@H]([C@H]3C2=O)[C@@H](c2ccccc2)C4)cc1)c1ccc(Br)cc1. The van der Waals surface area contributed by atoms with Gasteiger partial charge in [-0.25, -0.2) is 4.79 Å². The van der Waals surface area contributed by atoms with Crippen LogP contribution in [0.3, 0.4) is 0 Å². The predicted octanol–water partition coefficient (Wildman–Crippen LogP) is 5.42. The summed E-state index contributed by atoms with van der Waals surface area (Å²) < 4.78 is 6.04. The molecule has 37 heavy (non-hydrogen) atoms. The highest BCUT2D eigenvalue weighted by atomic mass is 79.9. The number of ketones is 1. The smallest absolute Gasteiger partial charge is 0.338 e. The molecule has 3 fully saturated rings. The summed E-state index contributed by atoms with van der Waals surface area (Å²) in [6, 6.07) is 23.3. The number of fused-ring (bicyclic) bond motifs is 5. The van der Waals surface area contributed by atoms with Crippen molar-refractivity contribution in [3.05, 3.63) is 100 Å². The fourth-order valence-corrected chi connectivity index (χ4v) is 6.74. The Morgan fingerprint density at radius 3 is 2.16 bits per heavy atom. The van der Waals surface area contributed by atoms with Crippen LogP contribution in [-0.4, -0.2) is 30.2 Å². The van der Waals surface area contributed by atoms with Crippen LogP contribution in [0.25, 0.3) is 0 Å². The van der Waals surface area contributed by atoms with Gasteiger partial charge in [0.05, 0.1) is 23.1 Å². The highest BCUT2D eigenvalue weighted by Crippen LogP contribution is 2.61. The standard InChI is InChI=1S/C30H24BrNO5/c31-21-10-6-18(7-11-21)25(33)16-37-30(36)19-8-12-22(13-9-19)32-28(34)26-20-14-23(17-4-2-1-3-5-17)24(15-20)27(26)29(32)35/h1-13,20,23-24,26-27H,14-16H2/t20-,23+,24+,26+,27+/m0/s1. The van der Waals surface area contributed by atoms with Crippen molar-refractivity contribution in [2.75, 3.05) is 11.5 Å². The van der Waals surface area contributed by atoms with Crippen LogP contribution < -0.4 is 4.90 Å². The maximum atomic E-state index is 13.5. The third-order valence-corrected chi connectivity index (χ3v) is 8.63. The van der Waals surface area contributed by atoms with Crippen molar-refractivity contribution in [2.24, 2.45) is 23.7 Å². The Bertz CT molecular complexity index is 1390. The lowest BCUT2D eigenvalue weighted by Gasteiger charge is -2.28. The van der Waals surface area contributed by atoms with Crippen molar-refractivity contribution in [1.29, 1.82) is 0 Å². The summed E-state index contributed by atoms with van der Waals surface area (Å²) in [7, 11) is 0. The Labute approximate surface area is 222 Å². The van der Waals surface area contributed by atoms with Gasteiger partial charge in [-0.2, -0.15) is 0 Å². The Hall–Kier alpha value is -3.58. The quantitative estimate of drug-likeness (QED) is 0.230. The van der Waals surface area contributed by atoms with Crippen molar-refractivity contribution in [3.63, 3.8) is 0 Å². The molecular weight excluding hydrogens is 534 g/mol. The maximum Gasteiger partial charge on any atom is 0.338 e. The summed E-state index contributed by atoms with van der Waals surface area (Å²) in [6.45, 7) is -0.375. The predicted molar refractivity (Wildman–Crippen MR) is 140 cm³/mol. The largest absolute Gasteiger partial charge is 0.454 e. The molecule has 7 heteroatoms. The molecule has 1 saturated heterocycles. The number of nitrogens with zero attached hydrogens (tertiary/aromatic N) is 1. The van der Waals surface area contributed by atoms with Crippen LogP contribution in [0.1, 0.15) is 45.0 Å². The average Bonchev–Trinajstić information content (AvgIpc) is 3.59. The highest BCUT2D eigenvalue weighted by Gasteiger charge is 2.64. The summed E-state index contributed by atoms with van der Waals surface area (Å²) in [5.41, 5.74) is 2.40. The van der Waals surface area contributed by atoms with E-state index >= 15 is 0 Å². The van der Waals surface area contributed by atoms with Gasteiger partial charge in [0, 0.05) is 10.0 Å². The van der Waals surface area contributed by atoms with Crippen molar-refractivity contribution in [1.82, 2.24) is 0 Å². The fourth-order valence-electron chi connectivity index (χ4n) is 6.48. The lowest BCUT2D eigenvalue weighted by atomic mass is 9.73. The molecule has 0 radical (unpaired) electrons. The van der Waals surface area contributed by atoms with Gasteiger partial charge in [-0.3, -0.25) is 19.3 Å². The first-order valence-corrected chi connectivity index (χ1v) is 13.2. The molecule has 0 unspecified atom stereocenters. The number of imide groups is 1. The zero-order valence-corrected chi connectivity index (χ0v) is 21.5. The van der Waals surface area contributed by atoms with E-state index in [1.165, 1.54) is 22.6 Å². The highest BCUT2D eigenvalue weighted by molar-refractivity contribution is 9.10. The van der Waals surface area contributed by atoms with Gasteiger partial charge in [0.25, 0.3) is 0 Å². The zero-order valence-electron chi connectivity index (χ0n) is 19.9. The molecule has 6 nitrogen and oxygen atoms in total. The fraction of sp³-hybridized carbons (Fsp3) is 0.267. The first-order valence-electron chi connectivity index (χ1n) is 12.4. The number of esters is 1. The monoisotopic (exact) mass is 557 g/mol. The minimum Gasteiger partial charge on any atom is -0.454 e. The number of Topliss-reactive ketones (excluding diaryl/α,β-unsaturated/α-hetero) is 1. The lowest BCUT2D eigenvalue weighted by molar-refractivity contribution is -0.123. The first kappa shape index (κ1) is 23.8. The minimum absolute atomic E-state index is 0.135. The molecule has 3 aromatic carbocycles. The van der Waals surface area contributed by atoms with Gasteiger partial charge in [-0.05, 0) is 72.6 Å². The number of hydrogen-bond donors (Lipinski definition) is 0. The molecule has 186 valence electrons. The molecular formula is C30H24BrNO5. The number of rotatable bonds is 6. The molecule has 2 bridgehead atoms. The van der Waals surface area contributed by atoms with E-state index in [-0.39, 0.29) is 53.4 Å². The van der Waals surface area contributed by atoms with Gasteiger partial charge in [0.15, 0.2) is 12.4 Å². The third-order valence-electron chi connectivity index (χ3n) is 8.11. The molecule has 3 aromatic rings. The Kier molecular flexibility index (Phi) is 6.03. The zero-order chi connectivity index (χ0) is 25.7. The number of anilines is 1. The summed E-state index contributed by atoms with van der Waals surface area (Å²) in [6.07, 6.45) is 1.86. The second-order valence-corrected chi connectivity index (χ2v) is 10.9. The molecule has 5 atom stereocenters. The van der Waals surface area contributed by atoms with E-state index in [4.69, 9.17) is 4.74 Å². The van der Waals surface area contributed by atoms with E-state index in [0.29, 0.717) is 17.2 Å². The molecule has 0 N–H and O–H groups in total. The van der Waals surface area contributed by atoms with Gasteiger partial charge in [0.1, 0.15) is 0 Å². The van der Waals surface area contributed by atoms with Gasteiger partial charge in [-0.15, -0.1) is 0 Å². The van der Waals surface area contributed by atoms with Gasteiger partial charge in [0.2, 0.25) is 11.8 Å². The number of halogens is 1. The summed E-state index contributed by atoms with van der Waals surface area (Å²) in [4.78, 5) is 52.9. The van der Waals surface area contributed by atoms with Crippen molar-refractivity contribution >= 4 is 45.2 Å². The summed E-state index contributed by atoms with van der Waals surface area (Å²) >= 11 is 3.32. The number of hydrogen-bond acceptors (Lipinski definition) is 5. The van der Waals surface area contributed by atoms with E-state index in [9.17, 15) is 19.2 Å². The van der Waals surface area contributed by atoms with Gasteiger partial charge < -0.3 is 4.74 Å². The Balaban J connectivity index is 1.13. The molecule has 0 aromatic heterocycles. The molecule has 1 aliphatic heterocycles. The van der Waals surface area contributed by atoms with E-state index < -0.39 is 5.97 Å². The Morgan fingerprint density at radius 2 is 1.46 bits per heavy atom. The van der Waals surface area contributed by atoms with E-state index in [1.807, 2.05) is 18.2 Å². The minimum atomic E-state index is -0.642. The van der Waals surface area contributed by atoms with Crippen molar-refractivity contribution in [3.8, 4) is 0 Å². The second-order valence-electron chi connectivity index (χ2n) is 10.0. The van der Waals surface area contributed by atoms with Crippen LogP contribution in [0.2, 0.25) is 0 Å². The van der Waals surface area contributed by atoms with E-state index in [2.05, 4.69) is 28.1 Å². The molecule has 2 amide bonds. The van der Waals surface area contributed by atoms with Crippen LogP contribution in [0.4, 0.5) is 5.69 Å². The number of amides is 2. The van der Waals surface area contributed by atoms with Crippen molar-refractivity contribution in [2.45, 2.75) is 18.8 Å². The van der Waals surface area contributed by atoms with Crippen LogP contribution in [-0.2, 0) is 14.3 Å². The van der Waals surface area contributed by atoms with Gasteiger partial charge >= 0.3 is 5.97 Å². The van der Waals surface area contributed by atoms with E-state index in [1.54, 1.807) is 36.4 Å². The number of ether oxygens (including phenoxy) is 1. The number of carbonyl (C=O) groups excluding carboxylic acids is 4. The van der Waals surface area contributed by atoms with Crippen LogP contribution in [0.5, 0.6) is 0 Å². The molecule has 2 saturated carbocycles. The number of benzene rings is 3. The van der Waals surface area contributed by atoms with E-state index in [0.717, 1.165) is 17.3 Å². The average molecular weight is 558 g/mol. The maximum absolute atomic E-state index is 13.5. The molecule has 0 spiro atoms. The normalized spacial score (nSPS) is 25.9. The lowest BCUT2D eigenvalue weighted by Crippen LogP contribution is -2.33. The number of carbonyl (C=O) groups is 4. The third kappa shape index (κ3) is 4.11.